The number of aliphatic hydroxyl groups is 1. The summed E-state index contributed by atoms with van der Waals surface area (Å²) in [5.74, 6) is -1.55. The summed E-state index contributed by atoms with van der Waals surface area (Å²) < 4.78 is 18.7. The molecule has 0 spiro atoms. The second kappa shape index (κ2) is 10.3. The number of ether oxygens (including phenoxy) is 2. The lowest BCUT2D eigenvalue weighted by Crippen LogP contribution is -2.32. The maximum atomic E-state index is 13.8. The molecular weight excluding hydrogens is 558 g/mol. The Labute approximate surface area is 225 Å². The average Bonchev–Trinajstić information content (AvgIpc) is 3.65. The minimum absolute atomic E-state index is 0.0473. The van der Waals surface area contributed by atoms with Crippen LogP contribution in [0.25, 0.3) is 11.0 Å². The predicted molar refractivity (Wildman–Crippen MR) is 140 cm³/mol. The zero-order valence-corrected chi connectivity index (χ0v) is 22.1. The monoisotopic (exact) mass is 581 g/mol. The zero-order valence-electron chi connectivity index (χ0n) is 20.6. The number of phenolic OH excluding ortho intramolecular Hbond substituents is 1. The molecule has 196 valence electrons. The van der Waals surface area contributed by atoms with Gasteiger partial charge in [0.05, 0.1) is 36.6 Å². The van der Waals surface area contributed by atoms with Gasteiger partial charge in [0, 0.05) is 30.9 Å². The molecule has 10 nitrogen and oxygen atoms in total. The molecule has 38 heavy (non-hydrogen) atoms. The number of phenols is 1. The second-order valence-corrected chi connectivity index (χ2v) is 9.54. The van der Waals surface area contributed by atoms with Crippen molar-refractivity contribution < 1.29 is 33.7 Å². The van der Waals surface area contributed by atoms with Gasteiger partial charge in [-0.2, -0.15) is 0 Å². The van der Waals surface area contributed by atoms with E-state index in [1.54, 1.807) is 42.9 Å². The van der Waals surface area contributed by atoms with E-state index in [9.17, 15) is 19.8 Å². The third-order valence-corrected chi connectivity index (χ3v) is 7.07. The van der Waals surface area contributed by atoms with Crippen molar-refractivity contribution in [3.05, 3.63) is 82.2 Å². The van der Waals surface area contributed by atoms with Crippen molar-refractivity contribution >= 4 is 38.6 Å². The molecule has 0 saturated heterocycles. The number of benzene rings is 2. The van der Waals surface area contributed by atoms with Crippen molar-refractivity contribution in [2.75, 3.05) is 20.8 Å². The first-order valence-corrected chi connectivity index (χ1v) is 12.5. The molecule has 0 radical (unpaired) electrons. The van der Waals surface area contributed by atoms with Crippen molar-refractivity contribution in [1.82, 2.24) is 14.5 Å². The van der Waals surface area contributed by atoms with Crippen LogP contribution in [0.15, 0.2) is 75.3 Å². The second-order valence-electron chi connectivity index (χ2n) is 8.69. The standard InChI is InChI=1S/C27H24BrN3O7/c1-36-18-6-3-5-15-12-20(38-26(15)18)24(33)21-22(16-11-17(28)23(32)19(13-16)37-2)31(27(35)25(21)34)9-4-8-30-10-7-29-14-30/h3,5-7,10-14,22,32,34H,4,8-9H2,1-2H3. The Morgan fingerprint density at radius 3 is 2.63 bits per heavy atom. The maximum Gasteiger partial charge on any atom is 0.290 e. The summed E-state index contributed by atoms with van der Waals surface area (Å²) in [5.41, 5.74) is 0.712. The van der Waals surface area contributed by atoms with Crippen LogP contribution in [-0.2, 0) is 11.3 Å². The fourth-order valence-electron chi connectivity index (χ4n) is 4.65. The molecule has 0 bridgehead atoms. The molecule has 2 aromatic carbocycles. The number of amides is 1. The number of aromatic nitrogens is 2. The third kappa shape index (κ3) is 4.38. The van der Waals surface area contributed by atoms with Gasteiger partial charge in [-0.05, 0) is 52.2 Å². The van der Waals surface area contributed by atoms with E-state index in [1.807, 2.05) is 10.8 Å². The number of carbonyl (C=O) groups excluding carboxylic acids is 2. The molecule has 1 unspecified atom stereocenters. The number of hydrogen-bond acceptors (Lipinski definition) is 8. The lowest BCUT2D eigenvalue weighted by atomic mass is 9.94. The van der Waals surface area contributed by atoms with Crippen LogP contribution in [0.2, 0.25) is 0 Å². The van der Waals surface area contributed by atoms with Crippen molar-refractivity contribution in [3.63, 3.8) is 0 Å². The molecule has 2 aromatic heterocycles. The van der Waals surface area contributed by atoms with Gasteiger partial charge in [-0.25, -0.2) is 4.98 Å². The first kappa shape index (κ1) is 25.4. The summed E-state index contributed by atoms with van der Waals surface area (Å²) in [7, 11) is 2.89. The van der Waals surface area contributed by atoms with E-state index in [0.717, 1.165) is 0 Å². The Bertz CT molecular complexity index is 1560. The number of para-hydroxylation sites is 1. The predicted octanol–water partition coefficient (Wildman–Crippen LogP) is 4.78. The van der Waals surface area contributed by atoms with Crippen molar-refractivity contribution in [2.24, 2.45) is 0 Å². The van der Waals surface area contributed by atoms with Crippen molar-refractivity contribution in [3.8, 4) is 17.2 Å². The summed E-state index contributed by atoms with van der Waals surface area (Å²) >= 11 is 3.32. The van der Waals surface area contributed by atoms with Gasteiger partial charge in [0.2, 0.25) is 5.78 Å². The number of furan rings is 1. The normalized spacial score (nSPS) is 15.5. The van der Waals surface area contributed by atoms with E-state index in [0.29, 0.717) is 39.7 Å². The van der Waals surface area contributed by atoms with Gasteiger partial charge in [-0.1, -0.05) is 12.1 Å². The number of rotatable bonds is 9. The summed E-state index contributed by atoms with van der Waals surface area (Å²) in [6, 6.07) is 8.97. The van der Waals surface area contributed by atoms with Crippen LogP contribution in [-0.4, -0.2) is 57.1 Å². The molecule has 0 aliphatic carbocycles. The number of halogens is 1. The van der Waals surface area contributed by atoms with E-state index in [-0.39, 0.29) is 29.4 Å². The number of methoxy groups -OCH3 is 2. The number of carbonyl (C=O) groups is 2. The van der Waals surface area contributed by atoms with E-state index in [2.05, 4.69) is 20.9 Å². The Hall–Kier alpha value is -4.25. The van der Waals surface area contributed by atoms with Gasteiger partial charge in [0.15, 0.2) is 34.4 Å². The average molecular weight is 582 g/mol. The van der Waals surface area contributed by atoms with E-state index >= 15 is 0 Å². The number of hydrogen-bond donors (Lipinski definition) is 2. The topological polar surface area (TPSA) is 127 Å². The Morgan fingerprint density at radius 2 is 1.92 bits per heavy atom. The first-order chi connectivity index (χ1) is 18.3. The summed E-state index contributed by atoms with van der Waals surface area (Å²) in [4.78, 5) is 32.6. The number of aryl methyl sites for hydroxylation is 1. The van der Waals surface area contributed by atoms with Gasteiger partial charge in [-0.3, -0.25) is 9.59 Å². The van der Waals surface area contributed by atoms with Gasteiger partial charge >= 0.3 is 0 Å². The van der Waals surface area contributed by atoms with Crippen LogP contribution >= 0.6 is 15.9 Å². The largest absolute Gasteiger partial charge is 0.503 e. The molecule has 4 aromatic rings. The Kier molecular flexibility index (Phi) is 6.85. The van der Waals surface area contributed by atoms with Crippen LogP contribution < -0.4 is 9.47 Å². The molecule has 0 saturated carbocycles. The van der Waals surface area contributed by atoms with Crippen molar-refractivity contribution in [2.45, 2.75) is 19.0 Å². The lowest BCUT2D eigenvalue weighted by molar-refractivity contribution is -0.129. The van der Waals surface area contributed by atoms with E-state index in [4.69, 9.17) is 13.9 Å². The molecule has 3 heterocycles. The number of ketones is 1. The SMILES string of the molecule is COc1cc(C2C(C(=O)c3cc4cccc(OC)c4o3)=C(O)C(=O)N2CCCn2ccnc2)cc(Br)c1O. The molecule has 11 heteroatoms. The third-order valence-electron chi connectivity index (χ3n) is 6.46. The number of Topliss-reactive ketones (excluding diaryl/α,β-unsaturated/α-hetero) is 1. The molecule has 0 fully saturated rings. The van der Waals surface area contributed by atoms with Crippen LogP contribution in [0.1, 0.15) is 28.6 Å². The highest BCUT2D eigenvalue weighted by atomic mass is 79.9. The quantitative estimate of drug-likeness (QED) is 0.270. The smallest absolute Gasteiger partial charge is 0.290 e. The Balaban J connectivity index is 1.57. The van der Waals surface area contributed by atoms with Gasteiger partial charge in [0.1, 0.15) is 0 Å². The lowest BCUT2D eigenvalue weighted by Gasteiger charge is -2.27. The molecule has 1 amide bonds. The fraction of sp³-hybridized carbons (Fsp3) is 0.222. The fourth-order valence-corrected chi connectivity index (χ4v) is 5.11. The number of imidazole rings is 1. The molecule has 1 aliphatic rings. The highest BCUT2D eigenvalue weighted by Gasteiger charge is 2.44. The maximum absolute atomic E-state index is 13.8. The summed E-state index contributed by atoms with van der Waals surface area (Å²) in [6.45, 7) is 0.809. The van der Waals surface area contributed by atoms with Crippen LogP contribution in [0.4, 0.5) is 0 Å². The summed E-state index contributed by atoms with van der Waals surface area (Å²) in [6.07, 6.45) is 5.68. The zero-order chi connectivity index (χ0) is 27.0. The molecule has 2 N–H and O–H groups in total. The number of fused-ring (bicyclic) bond motifs is 1. The van der Waals surface area contributed by atoms with Gasteiger partial charge in [-0.15, -0.1) is 0 Å². The number of aromatic hydroxyl groups is 1. The minimum Gasteiger partial charge on any atom is -0.503 e. The molecule has 5 rings (SSSR count). The van der Waals surface area contributed by atoms with E-state index < -0.39 is 23.5 Å². The highest BCUT2D eigenvalue weighted by Crippen LogP contribution is 2.44. The number of aliphatic hydroxyl groups excluding tert-OH is 1. The highest BCUT2D eigenvalue weighted by molar-refractivity contribution is 9.10. The minimum atomic E-state index is -0.960. The molecule has 1 atom stereocenters. The van der Waals surface area contributed by atoms with Crippen LogP contribution in [0.3, 0.4) is 0 Å². The van der Waals surface area contributed by atoms with Crippen LogP contribution in [0, 0.1) is 0 Å². The molecular formula is C27H24BrN3O7. The van der Waals surface area contributed by atoms with Gasteiger partial charge < -0.3 is 33.6 Å². The first-order valence-electron chi connectivity index (χ1n) is 11.7. The Morgan fingerprint density at radius 1 is 1.13 bits per heavy atom. The summed E-state index contributed by atoms with van der Waals surface area (Å²) in [5, 5.41) is 22.0. The van der Waals surface area contributed by atoms with Crippen LogP contribution in [0.5, 0.6) is 17.2 Å². The van der Waals surface area contributed by atoms with E-state index in [1.165, 1.54) is 25.2 Å². The van der Waals surface area contributed by atoms with Gasteiger partial charge in [0.25, 0.3) is 5.91 Å². The number of nitrogens with zero attached hydrogens (tertiary/aromatic N) is 3. The molecule has 1 aliphatic heterocycles. The van der Waals surface area contributed by atoms with Crippen molar-refractivity contribution in [1.29, 1.82) is 0 Å².